The third kappa shape index (κ3) is 3.72. The highest BCUT2D eigenvalue weighted by molar-refractivity contribution is 5.64. The number of carbonyl (C=O) groups excluding carboxylic acids is 1. The summed E-state index contributed by atoms with van der Waals surface area (Å²) in [6, 6.07) is 0. The van der Waals surface area contributed by atoms with Gasteiger partial charge in [-0.1, -0.05) is 34.1 Å². The highest BCUT2D eigenvalue weighted by Gasteiger charge is 2.64. The van der Waals surface area contributed by atoms with E-state index in [0.717, 1.165) is 32.1 Å². The minimum absolute atomic E-state index is 0.191. The van der Waals surface area contributed by atoms with Crippen molar-refractivity contribution in [2.75, 3.05) is 6.61 Å². The largest absolute Gasteiger partial charge is 0.450 e. The molecule has 11 atom stereocenters. The third-order valence-electron chi connectivity index (χ3n) is 11.0. The van der Waals surface area contributed by atoms with E-state index in [9.17, 15) is 15.0 Å². The van der Waals surface area contributed by atoms with Crippen LogP contribution in [-0.4, -0.2) is 35.1 Å². The number of hydrogen-bond acceptors (Lipinski definition) is 4. The quantitative estimate of drug-likeness (QED) is 0.582. The van der Waals surface area contributed by atoms with E-state index in [1.807, 2.05) is 0 Å². The topological polar surface area (TPSA) is 92.8 Å². The van der Waals surface area contributed by atoms with Crippen molar-refractivity contribution < 1.29 is 19.7 Å². The van der Waals surface area contributed by atoms with E-state index in [0.29, 0.717) is 48.0 Å². The Morgan fingerprint density at radius 1 is 1.06 bits per heavy atom. The van der Waals surface area contributed by atoms with E-state index in [-0.39, 0.29) is 23.0 Å². The van der Waals surface area contributed by atoms with Crippen LogP contribution in [0.2, 0.25) is 0 Å². The third-order valence-corrected chi connectivity index (χ3v) is 11.0. The van der Waals surface area contributed by atoms with Crippen molar-refractivity contribution in [2.45, 2.75) is 97.7 Å². The fourth-order valence-corrected chi connectivity index (χ4v) is 9.48. The molecule has 4 saturated carbocycles. The summed E-state index contributed by atoms with van der Waals surface area (Å²) < 4.78 is 5.03. The molecule has 4 rings (SSSR count). The molecule has 0 aromatic heterocycles. The van der Waals surface area contributed by atoms with E-state index < -0.39 is 6.09 Å². The molecule has 0 radical (unpaired) electrons. The van der Waals surface area contributed by atoms with Gasteiger partial charge in [-0.15, -0.1) is 0 Å². The molecule has 0 bridgehead atoms. The van der Waals surface area contributed by atoms with Crippen LogP contribution in [-0.2, 0) is 4.74 Å². The Morgan fingerprint density at radius 2 is 1.74 bits per heavy atom. The maximum absolute atomic E-state index is 11.7. The number of fused-ring (bicyclic) bond motifs is 5. The molecular formula is C26H45NO4. The summed E-state index contributed by atoms with van der Waals surface area (Å²) >= 11 is 0. The molecule has 0 heterocycles. The first-order valence-electron chi connectivity index (χ1n) is 12.9. The molecule has 0 aromatic carbocycles. The molecule has 4 fully saturated rings. The minimum atomic E-state index is -0.681. The Labute approximate surface area is 188 Å². The Hall–Kier alpha value is -0.810. The van der Waals surface area contributed by atoms with Crippen LogP contribution < -0.4 is 5.73 Å². The molecule has 5 heteroatoms. The Balaban J connectivity index is 1.57. The predicted molar refractivity (Wildman–Crippen MR) is 121 cm³/mol. The van der Waals surface area contributed by atoms with E-state index >= 15 is 0 Å². The van der Waals surface area contributed by atoms with Crippen LogP contribution in [0.5, 0.6) is 0 Å². The fraction of sp³-hybridized carbons (Fsp3) is 0.962. The van der Waals surface area contributed by atoms with Gasteiger partial charge in [-0.3, -0.25) is 0 Å². The lowest BCUT2D eigenvalue weighted by Gasteiger charge is -2.64. The first-order chi connectivity index (χ1) is 14.6. The van der Waals surface area contributed by atoms with Gasteiger partial charge in [-0.05, 0) is 104 Å². The molecule has 2 unspecified atom stereocenters. The molecule has 4 aliphatic carbocycles. The van der Waals surface area contributed by atoms with Crippen LogP contribution in [0.4, 0.5) is 4.79 Å². The average molecular weight is 436 g/mol. The molecule has 1 amide bonds. The average Bonchev–Trinajstić information content (AvgIpc) is 3.06. The molecule has 4 aliphatic rings. The number of rotatable bonds is 5. The number of nitrogens with two attached hydrogens (primary N) is 1. The van der Waals surface area contributed by atoms with E-state index in [4.69, 9.17) is 10.5 Å². The van der Waals surface area contributed by atoms with Crippen molar-refractivity contribution in [3.63, 3.8) is 0 Å². The SMILES string of the molecule is CC[C@H]1[C@@H](O)[C@@H]2[C@@H]3CC[C@H]([C@H](C)CCOC(N)=O)C3(C)CC[C@@H]2C2(C)CC[C@@H](O)C[C@@H]12. The minimum Gasteiger partial charge on any atom is -0.450 e. The highest BCUT2D eigenvalue weighted by Crippen LogP contribution is 2.69. The first kappa shape index (κ1) is 23.4. The molecule has 4 N–H and O–H groups in total. The Bertz CT molecular complexity index is 670. The van der Waals surface area contributed by atoms with Crippen LogP contribution >= 0.6 is 0 Å². The lowest BCUT2D eigenvalue weighted by atomic mass is 9.41. The number of hydrogen-bond donors (Lipinski definition) is 3. The normalized spacial score (nSPS) is 50.1. The lowest BCUT2D eigenvalue weighted by Crippen LogP contribution is -2.62. The summed E-state index contributed by atoms with van der Waals surface area (Å²) in [6.07, 6.45) is 8.52. The monoisotopic (exact) mass is 435 g/mol. The Kier molecular flexibility index (Phi) is 6.42. The smallest absolute Gasteiger partial charge is 0.404 e. The van der Waals surface area contributed by atoms with Crippen molar-refractivity contribution in [2.24, 2.45) is 58.0 Å². The second-order valence-electron chi connectivity index (χ2n) is 12.1. The van der Waals surface area contributed by atoms with Gasteiger partial charge in [0.05, 0.1) is 18.8 Å². The van der Waals surface area contributed by atoms with E-state index in [1.54, 1.807) is 0 Å². The van der Waals surface area contributed by atoms with Crippen molar-refractivity contribution in [3.05, 3.63) is 0 Å². The van der Waals surface area contributed by atoms with Gasteiger partial charge in [0.2, 0.25) is 0 Å². The number of primary amides is 1. The van der Waals surface area contributed by atoms with Gasteiger partial charge in [0, 0.05) is 0 Å². The lowest BCUT2D eigenvalue weighted by molar-refractivity contribution is -0.203. The van der Waals surface area contributed by atoms with Crippen LogP contribution in [0.1, 0.15) is 85.5 Å². The van der Waals surface area contributed by atoms with Crippen LogP contribution in [0.3, 0.4) is 0 Å². The standard InChI is InChI=1S/C26H45NO4/c1-5-17-21-14-16(28)8-11-26(21,4)20-9-12-25(3)18(15(2)10-13-31-24(27)30)6-7-19(25)22(20)23(17)29/h15-23,28-29H,5-14H2,1-4H3,(H2,27,30)/t15-,16-,17-,18-,19+,20+,21+,22-,23-,25?,26?/m1/s1. The summed E-state index contributed by atoms with van der Waals surface area (Å²) in [5.41, 5.74) is 5.66. The summed E-state index contributed by atoms with van der Waals surface area (Å²) in [6.45, 7) is 9.93. The van der Waals surface area contributed by atoms with Crippen molar-refractivity contribution in [1.29, 1.82) is 0 Å². The second-order valence-corrected chi connectivity index (χ2v) is 12.1. The molecule has 31 heavy (non-hydrogen) atoms. The van der Waals surface area contributed by atoms with Crippen LogP contribution in [0.25, 0.3) is 0 Å². The maximum Gasteiger partial charge on any atom is 0.404 e. The molecule has 0 aromatic rings. The number of ether oxygens (including phenoxy) is 1. The molecule has 5 nitrogen and oxygen atoms in total. The zero-order valence-electron chi connectivity index (χ0n) is 20.1. The highest BCUT2D eigenvalue weighted by atomic mass is 16.5. The zero-order valence-corrected chi connectivity index (χ0v) is 20.1. The maximum atomic E-state index is 11.7. The van der Waals surface area contributed by atoms with Crippen LogP contribution in [0.15, 0.2) is 0 Å². The predicted octanol–water partition coefficient (Wildman–Crippen LogP) is 4.73. The zero-order chi connectivity index (χ0) is 22.6. The van der Waals surface area contributed by atoms with E-state index in [2.05, 4.69) is 27.7 Å². The number of aliphatic hydroxyl groups is 2. The van der Waals surface area contributed by atoms with Gasteiger partial charge in [-0.25, -0.2) is 4.79 Å². The summed E-state index contributed by atoms with van der Waals surface area (Å²) in [4.78, 5) is 11.0. The van der Waals surface area contributed by atoms with Gasteiger partial charge in [0.15, 0.2) is 0 Å². The number of amides is 1. The van der Waals surface area contributed by atoms with Gasteiger partial charge in [-0.2, -0.15) is 0 Å². The van der Waals surface area contributed by atoms with Crippen molar-refractivity contribution >= 4 is 6.09 Å². The molecular weight excluding hydrogens is 390 g/mol. The molecule has 0 saturated heterocycles. The summed E-state index contributed by atoms with van der Waals surface area (Å²) in [5.74, 6) is 3.40. The van der Waals surface area contributed by atoms with Gasteiger partial charge < -0.3 is 20.7 Å². The van der Waals surface area contributed by atoms with Crippen LogP contribution in [0, 0.1) is 52.3 Å². The van der Waals surface area contributed by atoms with E-state index in [1.165, 1.54) is 25.7 Å². The fourth-order valence-electron chi connectivity index (χ4n) is 9.48. The molecule has 0 spiro atoms. The Morgan fingerprint density at radius 3 is 2.42 bits per heavy atom. The number of aliphatic hydroxyl groups excluding tert-OH is 2. The van der Waals surface area contributed by atoms with Crippen molar-refractivity contribution in [3.8, 4) is 0 Å². The van der Waals surface area contributed by atoms with Crippen molar-refractivity contribution in [1.82, 2.24) is 0 Å². The summed E-state index contributed by atoms with van der Waals surface area (Å²) in [5, 5.41) is 22.2. The molecule has 0 aliphatic heterocycles. The molecule has 178 valence electrons. The second kappa shape index (κ2) is 8.52. The van der Waals surface area contributed by atoms with Gasteiger partial charge in [0.25, 0.3) is 0 Å². The number of carbonyl (C=O) groups is 1. The van der Waals surface area contributed by atoms with Gasteiger partial charge >= 0.3 is 6.09 Å². The summed E-state index contributed by atoms with van der Waals surface area (Å²) in [7, 11) is 0. The van der Waals surface area contributed by atoms with Gasteiger partial charge in [0.1, 0.15) is 0 Å². The first-order valence-corrected chi connectivity index (χ1v) is 12.9.